The van der Waals surface area contributed by atoms with Crippen molar-refractivity contribution in [3.8, 4) is 11.1 Å². The number of azide groups is 1. The van der Waals surface area contributed by atoms with Crippen LogP contribution < -0.4 is 5.32 Å². The van der Waals surface area contributed by atoms with Gasteiger partial charge in [-0.2, -0.15) is 0 Å². The van der Waals surface area contributed by atoms with E-state index in [1.165, 1.54) is 0 Å². The zero-order valence-electron chi connectivity index (χ0n) is 15.8. The van der Waals surface area contributed by atoms with Crippen molar-refractivity contribution in [1.82, 2.24) is 5.32 Å². The number of nitrogens with zero attached hydrogens (tertiary/aromatic N) is 3. The van der Waals surface area contributed by atoms with Gasteiger partial charge in [-0.1, -0.05) is 60.1 Å². The molecule has 3 rings (SSSR count). The third kappa shape index (κ3) is 4.86. The van der Waals surface area contributed by atoms with Crippen LogP contribution in [0.15, 0.2) is 53.6 Å². The van der Waals surface area contributed by atoms with Gasteiger partial charge in [-0.15, -0.1) is 0 Å². The smallest absolute Gasteiger partial charge is 0.407 e. The third-order valence-corrected chi connectivity index (χ3v) is 5.00. The second-order valence-corrected chi connectivity index (χ2v) is 6.81. The minimum absolute atomic E-state index is 0.0831. The number of hydrogen-bond donors (Lipinski definition) is 2. The number of carboxylic acid groups (broad SMARTS) is 1. The Balaban J connectivity index is 1.58. The van der Waals surface area contributed by atoms with Crippen LogP contribution in [0.2, 0.25) is 0 Å². The predicted molar refractivity (Wildman–Crippen MR) is 107 cm³/mol. The van der Waals surface area contributed by atoms with E-state index in [-0.39, 0.29) is 18.9 Å². The normalized spacial score (nSPS) is 13.0. The SMILES string of the molecule is [N-]=[N+]=NCCCCC(NC(=O)OCC1c2ccccc2-c2ccccc21)C(=O)O. The fraction of sp³-hybridized carbons (Fsp3) is 0.333. The van der Waals surface area contributed by atoms with Crippen molar-refractivity contribution in [2.75, 3.05) is 13.2 Å². The highest BCUT2D eigenvalue weighted by atomic mass is 16.5. The first-order valence-corrected chi connectivity index (χ1v) is 9.47. The van der Waals surface area contributed by atoms with E-state index >= 15 is 0 Å². The molecule has 2 aromatic carbocycles. The Bertz CT molecular complexity index is 894. The van der Waals surface area contributed by atoms with Crippen molar-refractivity contribution in [2.45, 2.75) is 31.2 Å². The second kappa shape index (κ2) is 9.61. The summed E-state index contributed by atoms with van der Waals surface area (Å²) in [5, 5.41) is 15.1. The molecule has 0 saturated carbocycles. The van der Waals surface area contributed by atoms with Crippen LogP contribution in [0.25, 0.3) is 21.6 Å². The molecule has 0 radical (unpaired) electrons. The van der Waals surface area contributed by atoms with Gasteiger partial charge in [0.25, 0.3) is 0 Å². The number of amides is 1. The monoisotopic (exact) mass is 394 g/mol. The molecule has 0 saturated heterocycles. The summed E-state index contributed by atoms with van der Waals surface area (Å²) in [6, 6.07) is 14.9. The van der Waals surface area contributed by atoms with E-state index in [4.69, 9.17) is 10.3 Å². The van der Waals surface area contributed by atoms with E-state index in [1.807, 2.05) is 48.5 Å². The van der Waals surface area contributed by atoms with Gasteiger partial charge < -0.3 is 15.2 Å². The Hall–Kier alpha value is -3.51. The molecule has 150 valence electrons. The van der Waals surface area contributed by atoms with Crippen molar-refractivity contribution in [3.63, 3.8) is 0 Å². The largest absolute Gasteiger partial charge is 0.480 e. The molecule has 0 bridgehead atoms. The number of unbranched alkanes of at least 4 members (excludes halogenated alkanes) is 1. The van der Waals surface area contributed by atoms with Crippen molar-refractivity contribution in [2.24, 2.45) is 5.11 Å². The molecule has 1 aliphatic carbocycles. The molecule has 1 atom stereocenters. The summed E-state index contributed by atoms with van der Waals surface area (Å²) in [5.74, 6) is -1.21. The molecular formula is C21H22N4O4. The molecule has 0 heterocycles. The number of nitrogens with one attached hydrogen (secondary N) is 1. The first-order valence-electron chi connectivity index (χ1n) is 9.47. The highest BCUT2D eigenvalue weighted by Gasteiger charge is 2.29. The summed E-state index contributed by atoms with van der Waals surface area (Å²) in [4.78, 5) is 26.2. The molecule has 29 heavy (non-hydrogen) atoms. The first-order chi connectivity index (χ1) is 14.1. The van der Waals surface area contributed by atoms with Gasteiger partial charge in [0.2, 0.25) is 0 Å². The summed E-state index contributed by atoms with van der Waals surface area (Å²) >= 11 is 0. The van der Waals surface area contributed by atoms with E-state index < -0.39 is 18.1 Å². The third-order valence-electron chi connectivity index (χ3n) is 5.00. The molecule has 2 aromatic rings. The summed E-state index contributed by atoms with van der Waals surface area (Å²) in [7, 11) is 0. The van der Waals surface area contributed by atoms with Gasteiger partial charge >= 0.3 is 12.1 Å². The number of hydrogen-bond acceptors (Lipinski definition) is 4. The van der Waals surface area contributed by atoms with Crippen molar-refractivity contribution < 1.29 is 19.4 Å². The van der Waals surface area contributed by atoms with E-state index in [0.29, 0.717) is 19.4 Å². The number of alkyl carbamates (subject to hydrolysis) is 1. The van der Waals surface area contributed by atoms with Crippen molar-refractivity contribution in [3.05, 3.63) is 70.1 Å². The van der Waals surface area contributed by atoms with Gasteiger partial charge in [0, 0.05) is 17.4 Å². The van der Waals surface area contributed by atoms with Crippen LogP contribution >= 0.6 is 0 Å². The van der Waals surface area contributed by atoms with Gasteiger partial charge in [-0.05, 0) is 40.6 Å². The Morgan fingerprint density at radius 3 is 2.31 bits per heavy atom. The number of benzene rings is 2. The highest BCUT2D eigenvalue weighted by Crippen LogP contribution is 2.44. The Labute approximate surface area is 168 Å². The molecule has 1 unspecified atom stereocenters. The highest BCUT2D eigenvalue weighted by molar-refractivity contribution is 5.81. The molecule has 1 aliphatic rings. The van der Waals surface area contributed by atoms with Crippen LogP contribution in [0, 0.1) is 0 Å². The van der Waals surface area contributed by atoms with Crippen LogP contribution in [0.5, 0.6) is 0 Å². The predicted octanol–water partition coefficient (Wildman–Crippen LogP) is 4.46. The molecule has 0 aliphatic heterocycles. The second-order valence-electron chi connectivity index (χ2n) is 6.81. The average molecular weight is 394 g/mol. The minimum Gasteiger partial charge on any atom is -0.480 e. The number of ether oxygens (including phenoxy) is 1. The number of carboxylic acids is 1. The lowest BCUT2D eigenvalue weighted by molar-refractivity contribution is -0.139. The summed E-state index contributed by atoms with van der Waals surface area (Å²) in [6.07, 6.45) is 0.551. The van der Waals surface area contributed by atoms with E-state index in [0.717, 1.165) is 22.3 Å². The number of aliphatic carboxylic acids is 1. The zero-order valence-corrected chi connectivity index (χ0v) is 15.8. The fourth-order valence-corrected chi connectivity index (χ4v) is 3.62. The maximum absolute atomic E-state index is 12.2. The van der Waals surface area contributed by atoms with Gasteiger partial charge in [0.1, 0.15) is 12.6 Å². The Morgan fingerprint density at radius 2 is 1.72 bits per heavy atom. The molecule has 0 fully saturated rings. The molecule has 0 spiro atoms. The van der Waals surface area contributed by atoms with Crippen LogP contribution in [0.4, 0.5) is 4.79 Å². The fourth-order valence-electron chi connectivity index (χ4n) is 3.62. The topological polar surface area (TPSA) is 124 Å². The molecule has 2 N–H and O–H groups in total. The van der Waals surface area contributed by atoms with Crippen LogP contribution in [0.1, 0.15) is 36.3 Å². The summed E-state index contributed by atoms with van der Waals surface area (Å²) < 4.78 is 5.39. The number of carbonyl (C=O) groups excluding carboxylic acids is 1. The van der Waals surface area contributed by atoms with Crippen molar-refractivity contribution >= 4 is 12.1 Å². The minimum atomic E-state index is -1.12. The zero-order chi connectivity index (χ0) is 20.6. The van der Waals surface area contributed by atoms with Gasteiger partial charge in [-0.25, -0.2) is 9.59 Å². The van der Waals surface area contributed by atoms with Crippen LogP contribution in [0.3, 0.4) is 0 Å². The van der Waals surface area contributed by atoms with Gasteiger partial charge in [-0.3, -0.25) is 0 Å². The molecule has 0 aromatic heterocycles. The van der Waals surface area contributed by atoms with Crippen LogP contribution in [-0.4, -0.2) is 36.4 Å². The number of rotatable bonds is 9. The van der Waals surface area contributed by atoms with E-state index in [9.17, 15) is 14.7 Å². The van der Waals surface area contributed by atoms with Crippen LogP contribution in [-0.2, 0) is 9.53 Å². The number of fused-ring (bicyclic) bond motifs is 3. The summed E-state index contributed by atoms with van der Waals surface area (Å²) in [5.41, 5.74) is 12.7. The Kier molecular flexibility index (Phi) is 6.71. The van der Waals surface area contributed by atoms with Gasteiger partial charge in [0.05, 0.1) is 0 Å². The lowest BCUT2D eigenvalue weighted by atomic mass is 9.98. The molecule has 8 nitrogen and oxygen atoms in total. The maximum Gasteiger partial charge on any atom is 0.407 e. The summed E-state index contributed by atoms with van der Waals surface area (Å²) in [6.45, 7) is 0.427. The Morgan fingerprint density at radius 1 is 1.10 bits per heavy atom. The lowest BCUT2D eigenvalue weighted by Crippen LogP contribution is -2.41. The average Bonchev–Trinajstić information content (AvgIpc) is 3.05. The number of carbonyl (C=O) groups is 2. The van der Waals surface area contributed by atoms with E-state index in [1.54, 1.807) is 0 Å². The molecular weight excluding hydrogens is 372 g/mol. The molecule has 8 heteroatoms. The first kappa shape index (κ1) is 20.2. The standard InChI is InChI=1S/C21H22N4O4/c22-25-23-12-6-5-11-19(20(26)27)24-21(28)29-13-18-16-9-3-1-7-14(16)15-8-2-4-10-17(15)18/h1-4,7-10,18-19H,5-6,11-13H2,(H,24,28)(H,26,27). The molecule has 1 amide bonds. The quantitative estimate of drug-likeness (QED) is 0.282. The maximum atomic E-state index is 12.2. The van der Waals surface area contributed by atoms with E-state index in [2.05, 4.69) is 15.3 Å². The van der Waals surface area contributed by atoms with Gasteiger partial charge in [0.15, 0.2) is 0 Å². The lowest BCUT2D eigenvalue weighted by Gasteiger charge is -2.17. The van der Waals surface area contributed by atoms with Crippen molar-refractivity contribution in [1.29, 1.82) is 0 Å².